The molecular weight excluding hydrogens is 464 g/mol. The van der Waals surface area contributed by atoms with Gasteiger partial charge < -0.3 is 19.9 Å². The molecule has 1 aliphatic rings. The number of aromatic nitrogens is 4. The minimum absolute atomic E-state index is 0.108. The largest absolute Gasteiger partial charge is 0.433 e. The van der Waals surface area contributed by atoms with Crippen LogP contribution in [0.5, 0.6) is 11.6 Å². The molecule has 0 spiro atoms. The highest BCUT2D eigenvalue weighted by molar-refractivity contribution is 5.82. The van der Waals surface area contributed by atoms with Gasteiger partial charge in [0, 0.05) is 55.5 Å². The van der Waals surface area contributed by atoms with Gasteiger partial charge in [-0.1, -0.05) is 19.9 Å². The van der Waals surface area contributed by atoms with Gasteiger partial charge in [-0.3, -0.25) is 4.90 Å². The third kappa shape index (κ3) is 5.77. The molecule has 190 valence electrons. The summed E-state index contributed by atoms with van der Waals surface area (Å²) in [6, 6.07) is 8.50. The number of hydrogen-bond donors (Lipinski definition) is 2. The van der Waals surface area contributed by atoms with Gasteiger partial charge in [0.2, 0.25) is 5.82 Å². The molecule has 3 aromatic heterocycles. The molecule has 0 radical (unpaired) electrons. The fourth-order valence-corrected chi connectivity index (χ4v) is 3.96. The summed E-state index contributed by atoms with van der Waals surface area (Å²) in [5.74, 6) is -1.61. The van der Waals surface area contributed by atoms with Crippen LogP contribution >= 0.6 is 0 Å². The number of H-pyrrole nitrogens is 1. The van der Waals surface area contributed by atoms with Gasteiger partial charge in [-0.2, -0.15) is 9.37 Å². The van der Waals surface area contributed by atoms with Crippen molar-refractivity contribution in [1.29, 1.82) is 0 Å². The second-order valence-corrected chi connectivity index (χ2v) is 8.49. The average Bonchev–Trinajstić information content (AvgIpc) is 3.28. The van der Waals surface area contributed by atoms with Crippen molar-refractivity contribution in [3.05, 3.63) is 65.7 Å². The van der Waals surface area contributed by atoms with E-state index < -0.39 is 11.6 Å². The Morgan fingerprint density at radius 3 is 2.50 bits per heavy atom. The van der Waals surface area contributed by atoms with Gasteiger partial charge in [0.25, 0.3) is 5.88 Å². The molecule has 0 amide bonds. The van der Waals surface area contributed by atoms with Gasteiger partial charge in [-0.25, -0.2) is 14.4 Å². The summed E-state index contributed by atoms with van der Waals surface area (Å²) >= 11 is 0. The van der Waals surface area contributed by atoms with Crippen molar-refractivity contribution < 1.29 is 13.5 Å². The van der Waals surface area contributed by atoms with Crippen LogP contribution in [0.3, 0.4) is 0 Å². The summed E-state index contributed by atoms with van der Waals surface area (Å²) in [6.07, 6.45) is 2.92. The van der Waals surface area contributed by atoms with E-state index in [1.54, 1.807) is 24.4 Å². The molecule has 1 aliphatic heterocycles. The number of fused-ring (bicyclic) bond motifs is 1. The number of ether oxygens (including phenoxy) is 1. The second-order valence-electron chi connectivity index (χ2n) is 8.49. The van der Waals surface area contributed by atoms with Gasteiger partial charge in [0.15, 0.2) is 17.4 Å². The number of aryl methyl sites for hydroxylation is 1. The number of likely N-dealkylation sites (N-methyl/N-ethyl adjacent to an activating group) is 1. The minimum Gasteiger partial charge on any atom is -0.433 e. The standard InChI is InChI=1S/C24H25F2N7O.C2H6/c1-15-11-17-18(30-15)4-5-19(21(17)25)34-24-22(26)23(28-14-29-24)31-20-6-3-16(12-27-20)13-33-9-7-32(2)8-10-33;1-2/h3-6,11-12,14,30H,7-10,13H2,1-2H3,(H,27,28,29,31);1-2H3. The van der Waals surface area contributed by atoms with Crippen LogP contribution in [0.1, 0.15) is 25.1 Å². The summed E-state index contributed by atoms with van der Waals surface area (Å²) in [5.41, 5.74) is 2.52. The molecule has 2 N–H and O–H groups in total. The molecule has 1 fully saturated rings. The lowest BCUT2D eigenvalue weighted by Crippen LogP contribution is -2.43. The van der Waals surface area contributed by atoms with Gasteiger partial charge in [0.05, 0.1) is 0 Å². The lowest BCUT2D eigenvalue weighted by atomic mass is 10.2. The Morgan fingerprint density at radius 2 is 1.78 bits per heavy atom. The van der Waals surface area contributed by atoms with Crippen LogP contribution in [0.2, 0.25) is 0 Å². The lowest BCUT2D eigenvalue weighted by Gasteiger charge is -2.32. The first-order chi connectivity index (χ1) is 17.5. The highest BCUT2D eigenvalue weighted by Crippen LogP contribution is 2.32. The minimum atomic E-state index is -0.837. The third-order valence-electron chi connectivity index (χ3n) is 5.87. The van der Waals surface area contributed by atoms with Crippen molar-refractivity contribution in [3.8, 4) is 11.6 Å². The van der Waals surface area contributed by atoms with Gasteiger partial charge in [0.1, 0.15) is 12.1 Å². The van der Waals surface area contributed by atoms with E-state index in [1.165, 1.54) is 6.07 Å². The number of benzene rings is 1. The Balaban J connectivity index is 0.00000148. The fraction of sp³-hybridized carbons (Fsp3) is 0.346. The van der Waals surface area contributed by atoms with Crippen LogP contribution in [0.15, 0.2) is 42.9 Å². The Kier molecular flexibility index (Phi) is 8.07. The van der Waals surface area contributed by atoms with Gasteiger partial charge >= 0.3 is 0 Å². The Bertz CT molecular complexity index is 1300. The maximum Gasteiger partial charge on any atom is 0.261 e. The maximum atomic E-state index is 15.0. The predicted octanol–water partition coefficient (Wildman–Crippen LogP) is 5.25. The first-order valence-corrected chi connectivity index (χ1v) is 12.1. The molecule has 0 atom stereocenters. The monoisotopic (exact) mass is 495 g/mol. The van der Waals surface area contributed by atoms with E-state index in [0.717, 1.165) is 50.3 Å². The van der Waals surface area contributed by atoms with E-state index in [9.17, 15) is 4.39 Å². The molecule has 0 bridgehead atoms. The summed E-state index contributed by atoms with van der Waals surface area (Å²) in [4.78, 5) is 19.9. The number of aromatic amines is 1. The molecule has 4 aromatic rings. The first kappa shape index (κ1) is 25.5. The van der Waals surface area contributed by atoms with Crippen LogP contribution in [0.25, 0.3) is 10.9 Å². The van der Waals surface area contributed by atoms with E-state index in [2.05, 4.69) is 42.1 Å². The molecular formula is C26H31F2N7O. The first-order valence-electron chi connectivity index (χ1n) is 12.1. The lowest BCUT2D eigenvalue weighted by molar-refractivity contribution is 0.148. The van der Waals surface area contributed by atoms with Crippen molar-refractivity contribution in [1.82, 2.24) is 29.7 Å². The number of halogens is 2. The van der Waals surface area contributed by atoms with Crippen molar-refractivity contribution >= 4 is 22.5 Å². The second kappa shape index (κ2) is 11.4. The Morgan fingerprint density at radius 1 is 1.00 bits per heavy atom. The van der Waals surface area contributed by atoms with E-state index in [1.807, 2.05) is 26.8 Å². The molecule has 1 aromatic carbocycles. The number of rotatable bonds is 6. The third-order valence-corrected chi connectivity index (χ3v) is 5.87. The molecule has 10 heteroatoms. The summed E-state index contributed by atoms with van der Waals surface area (Å²) in [7, 11) is 2.12. The van der Waals surface area contributed by atoms with Crippen LogP contribution in [-0.2, 0) is 6.54 Å². The molecule has 0 saturated carbocycles. The van der Waals surface area contributed by atoms with Gasteiger partial charge in [-0.15, -0.1) is 0 Å². The van der Waals surface area contributed by atoms with E-state index in [0.29, 0.717) is 16.7 Å². The van der Waals surface area contributed by atoms with Crippen LogP contribution in [0.4, 0.5) is 20.4 Å². The summed E-state index contributed by atoms with van der Waals surface area (Å²) < 4.78 is 35.3. The van der Waals surface area contributed by atoms with Crippen LogP contribution < -0.4 is 10.1 Å². The molecule has 36 heavy (non-hydrogen) atoms. The molecule has 4 heterocycles. The number of anilines is 2. The number of hydrogen-bond acceptors (Lipinski definition) is 7. The number of piperazine rings is 1. The maximum absolute atomic E-state index is 15.0. The summed E-state index contributed by atoms with van der Waals surface area (Å²) in [6.45, 7) is 10.8. The average molecular weight is 496 g/mol. The normalized spacial score (nSPS) is 14.4. The number of nitrogens with zero attached hydrogens (tertiary/aromatic N) is 5. The Labute approximate surface area is 209 Å². The molecule has 0 unspecified atom stereocenters. The van der Waals surface area contributed by atoms with E-state index >= 15 is 4.39 Å². The van der Waals surface area contributed by atoms with Crippen molar-refractivity contribution in [2.75, 3.05) is 38.5 Å². The SMILES string of the molecule is CC.Cc1cc2c(F)c(Oc3ncnc(Nc4ccc(CN5CCN(C)CC5)cn4)c3F)ccc2[nH]1. The smallest absolute Gasteiger partial charge is 0.261 e. The zero-order valence-corrected chi connectivity index (χ0v) is 21.0. The van der Waals surface area contributed by atoms with Crippen molar-refractivity contribution in [2.24, 2.45) is 0 Å². The molecule has 0 aliphatic carbocycles. The van der Waals surface area contributed by atoms with Crippen LogP contribution in [-0.4, -0.2) is 63.0 Å². The van der Waals surface area contributed by atoms with E-state index in [-0.39, 0.29) is 17.4 Å². The topological polar surface area (TPSA) is 82.2 Å². The Hall–Kier alpha value is -3.63. The zero-order valence-electron chi connectivity index (χ0n) is 21.0. The molecule has 1 saturated heterocycles. The van der Waals surface area contributed by atoms with Crippen molar-refractivity contribution in [2.45, 2.75) is 27.3 Å². The molecule has 5 rings (SSSR count). The highest BCUT2D eigenvalue weighted by atomic mass is 19.1. The number of pyridine rings is 1. The van der Waals surface area contributed by atoms with E-state index in [4.69, 9.17) is 4.74 Å². The van der Waals surface area contributed by atoms with Crippen molar-refractivity contribution in [3.63, 3.8) is 0 Å². The summed E-state index contributed by atoms with van der Waals surface area (Å²) in [5, 5.41) is 3.21. The fourth-order valence-electron chi connectivity index (χ4n) is 3.96. The zero-order chi connectivity index (χ0) is 25.7. The van der Waals surface area contributed by atoms with Gasteiger partial charge in [-0.05, 0) is 43.8 Å². The molecule has 8 nitrogen and oxygen atoms in total. The van der Waals surface area contributed by atoms with Crippen LogP contribution in [0, 0.1) is 18.6 Å². The predicted molar refractivity (Wildman–Crippen MR) is 137 cm³/mol. The quantitative estimate of drug-likeness (QED) is 0.378. The highest BCUT2D eigenvalue weighted by Gasteiger charge is 2.18. The number of nitrogens with one attached hydrogen (secondary N) is 2.